The van der Waals surface area contributed by atoms with Gasteiger partial charge < -0.3 is 5.11 Å². The smallest absolute Gasteiger partial charge is 0.317 e. The summed E-state index contributed by atoms with van der Waals surface area (Å²) < 4.78 is 27.2. The number of aliphatic carboxylic acids is 1. The minimum Gasteiger partial charge on any atom is -0.480 e. The van der Waals surface area contributed by atoms with E-state index in [0.29, 0.717) is 13.0 Å². The molecule has 1 aromatic carbocycles. The van der Waals surface area contributed by atoms with E-state index in [4.69, 9.17) is 5.11 Å². The zero-order chi connectivity index (χ0) is 13.7. The molecule has 1 N–H and O–H groups in total. The number of carbonyl (C=O) groups is 1. The van der Waals surface area contributed by atoms with Gasteiger partial charge in [0.05, 0.1) is 6.54 Å². The van der Waals surface area contributed by atoms with Crippen LogP contribution < -0.4 is 0 Å². The first-order valence-corrected chi connectivity index (χ1v) is 5.87. The minimum atomic E-state index is -1.01. The fourth-order valence-corrected chi connectivity index (χ4v) is 1.96. The largest absolute Gasteiger partial charge is 0.480 e. The number of halogens is 2. The van der Waals surface area contributed by atoms with Gasteiger partial charge in [0.15, 0.2) is 0 Å². The highest BCUT2D eigenvalue weighted by Gasteiger charge is 2.23. The molecule has 1 unspecified atom stereocenters. The van der Waals surface area contributed by atoms with E-state index in [0.717, 1.165) is 0 Å². The summed E-state index contributed by atoms with van der Waals surface area (Å²) in [7, 11) is 0. The van der Waals surface area contributed by atoms with Gasteiger partial charge in [-0.3, -0.25) is 9.69 Å². The Morgan fingerprint density at radius 1 is 1.39 bits per heavy atom. The molecule has 0 bridgehead atoms. The standard InChI is InChI=1S/C13H17F2NO2/c1-3-7-16(8-12(17)18)9(2)13-10(14)5-4-6-11(13)15/h4-6,9H,3,7-8H2,1-2H3,(H,17,18). The van der Waals surface area contributed by atoms with E-state index in [1.807, 2.05) is 6.92 Å². The maximum atomic E-state index is 13.6. The van der Waals surface area contributed by atoms with Crippen molar-refractivity contribution in [3.05, 3.63) is 35.4 Å². The average molecular weight is 257 g/mol. The van der Waals surface area contributed by atoms with E-state index in [2.05, 4.69) is 0 Å². The van der Waals surface area contributed by atoms with E-state index in [9.17, 15) is 13.6 Å². The molecule has 0 amide bonds. The van der Waals surface area contributed by atoms with Crippen molar-refractivity contribution < 1.29 is 18.7 Å². The molecular weight excluding hydrogens is 240 g/mol. The Labute approximate surface area is 105 Å². The van der Waals surface area contributed by atoms with Crippen LogP contribution in [0.5, 0.6) is 0 Å². The minimum absolute atomic E-state index is 0.0767. The van der Waals surface area contributed by atoms with Crippen LogP contribution in [0.1, 0.15) is 31.9 Å². The molecule has 0 aliphatic heterocycles. The lowest BCUT2D eigenvalue weighted by Gasteiger charge is -2.27. The predicted octanol–water partition coefficient (Wildman–Crippen LogP) is 2.82. The first-order chi connectivity index (χ1) is 8.47. The van der Waals surface area contributed by atoms with Crippen LogP contribution in [0.2, 0.25) is 0 Å². The summed E-state index contributed by atoms with van der Waals surface area (Å²) in [5, 5.41) is 8.82. The molecular formula is C13H17F2NO2. The van der Waals surface area contributed by atoms with Gasteiger partial charge in [-0.15, -0.1) is 0 Å². The topological polar surface area (TPSA) is 40.5 Å². The van der Waals surface area contributed by atoms with Crippen LogP contribution in [-0.2, 0) is 4.79 Å². The maximum absolute atomic E-state index is 13.6. The molecule has 100 valence electrons. The molecule has 18 heavy (non-hydrogen) atoms. The van der Waals surface area contributed by atoms with E-state index >= 15 is 0 Å². The highest BCUT2D eigenvalue weighted by Crippen LogP contribution is 2.25. The molecule has 0 spiro atoms. The van der Waals surface area contributed by atoms with E-state index in [-0.39, 0.29) is 12.1 Å². The summed E-state index contributed by atoms with van der Waals surface area (Å²) in [6.45, 7) is 3.74. The van der Waals surface area contributed by atoms with Crippen molar-refractivity contribution in [1.82, 2.24) is 4.90 Å². The van der Waals surface area contributed by atoms with Gasteiger partial charge in [0.2, 0.25) is 0 Å². The van der Waals surface area contributed by atoms with Crippen molar-refractivity contribution >= 4 is 5.97 Å². The number of carboxylic acids is 1. The van der Waals surface area contributed by atoms with Gasteiger partial charge in [-0.25, -0.2) is 8.78 Å². The van der Waals surface area contributed by atoms with Crippen molar-refractivity contribution in [2.24, 2.45) is 0 Å². The van der Waals surface area contributed by atoms with Crippen molar-refractivity contribution in [1.29, 1.82) is 0 Å². The fraction of sp³-hybridized carbons (Fsp3) is 0.462. The monoisotopic (exact) mass is 257 g/mol. The number of nitrogens with zero attached hydrogens (tertiary/aromatic N) is 1. The van der Waals surface area contributed by atoms with Gasteiger partial charge in [-0.05, 0) is 32.0 Å². The van der Waals surface area contributed by atoms with Gasteiger partial charge in [0, 0.05) is 11.6 Å². The van der Waals surface area contributed by atoms with Crippen molar-refractivity contribution in [3.63, 3.8) is 0 Å². The van der Waals surface area contributed by atoms with Crippen LogP contribution in [0.4, 0.5) is 8.78 Å². The molecule has 3 nitrogen and oxygen atoms in total. The molecule has 1 aromatic rings. The van der Waals surface area contributed by atoms with Crippen molar-refractivity contribution in [2.45, 2.75) is 26.3 Å². The summed E-state index contributed by atoms with van der Waals surface area (Å²) in [4.78, 5) is 12.3. The lowest BCUT2D eigenvalue weighted by molar-refractivity contribution is -0.138. The van der Waals surface area contributed by atoms with Gasteiger partial charge in [0.25, 0.3) is 0 Å². The summed E-state index contributed by atoms with van der Waals surface area (Å²) >= 11 is 0. The Morgan fingerprint density at radius 3 is 2.39 bits per heavy atom. The van der Waals surface area contributed by atoms with Crippen LogP contribution in [0.3, 0.4) is 0 Å². The number of hydrogen-bond donors (Lipinski definition) is 1. The third kappa shape index (κ3) is 3.50. The Bertz CT molecular complexity index is 403. The predicted molar refractivity (Wildman–Crippen MR) is 64.3 cm³/mol. The van der Waals surface area contributed by atoms with Gasteiger partial charge in [0.1, 0.15) is 11.6 Å². The summed E-state index contributed by atoms with van der Waals surface area (Å²) in [5.41, 5.74) is -0.0767. The van der Waals surface area contributed by atoms with Crippen LogP contribution >= 0.6 is 0 Å². The van der Waals surface area contributed by atoms with Crippen LogP contribution in [0.25, 0.3) is 0 Å². The van der Waals surface area contributed by atoms with E-state index < -0.39 is 23.6 Å². The Balaban J connectivity index is 3.01. The van der Waals surface area contributed by atoms with Crippen LogP contribution in [0, 0.1) is 11.6 Å². The molecule has 1 atom stereocenters. The van der Waals surface area contributed by atoms with Crippen LogP contribution in [0.15, 0.2) is 18.2 Å². The lowest BCUT2D eigenvalue weighted by Crippen LogP contribution is -2.33. The van der Waals surface area contributed by atoms with Gasteiger partial charge in [-0.2, -0.15) is 0 Å². The zero-order valence-electron chi connectivity index (χ0n) is 10.5. The molecule has 0 saturated carbocycles. The fourth-order valence-electron chi connectivity index (χ4n) is 1.96. The molecule has 0 radical (unpaired) electrons. The first kappa shape index (κ1) is 14.6. The number of rotatable bonds is 6. The third-order valence-electron chi connectivity index (χ3n) is 2.81. The van der Waals surface area contributed by atoms with Crippen molar-refractivity contribution in [3.8, 4) is 0 Å². The molecule has 0 saturated heterocycles. The molecule has 0 fully saturated rings. The Morgan fingerprint density at radius 2 is 1.94 bits per heavy atom. The van der Waals surface area contributed by atoms with Crippen molar-refractivity contribution in [2.75, 3.05) is 13.1 Å². The quantitative estimate of drug-likeness (QED) is 0.852. The highest BCUT2D eigenvalue weighted by atomic mass is 19.1. The Kier molecular flexibility index (Phi) is 5.22. The zero-order valence-corrected chi connectivity index (χ0v) is 10.5. The van der Waals surface area contributed by atoms with Gasteiger partial charge >= 0.3 is 5.97 Å². The number of carboxylic acid groups (broad SMARTS) is 1. The summed E-state index contributed by atoms with van der Waals surface area (Å²) in [6.07, 6.45) is 0.716. The highest BCUT2D eigenvalue weighted by molar-refractivity contribution is 5.69. The summed E-state index contributed by atoms with van der Waals surface area (Å²) in [6, 6.07) is 3.05. The second-order valence-corrected chi connectivity index (χ2v) is 4.18. The Hall–Kier alpha value is -1.49. The van der Waals surface area contributed by atoms with Crippen LogP contribution in [-0.4, -0.2) is 29.1 Å². The average Bonchev–Trinajstić information content (AvgIpc) is 2.27. The second kappa shape index (κ2) is 6.44. The number of hydrogen-bond acceptors (Lipinski definition) is 2. The first-order valence-electron chi connectivity index (χ1n) is 5.87. The maximum Gasteiger partial charge on any atom is 0.317 e. The normalized spacial score (nSPS) is 12.7. The molecule has 5 heteroatoms. The lowest BCUT2D eigenvalue weighted by atomic mass is 10.1. The second-order valence-electron chi connectivity index (χ2n) is 4.18. The van der Waals surface area contributed by atoms with E-state index in [1.54, 1.807) is 11.8 Å². The summed E-state index contributed by atoms with van der Waals surface area (Å²) in [5.74, 6) is -2.30. The SMILES string of the molecule is CCCN(CC(=O)O)C(C)c1c(F)cccc1F. The molecule has 0 aromatic heterocycles. The third-order valence-corrected chi connectivity index (χ3v) is 2.81. The molecule has 0 aliphatic carbocycles. The van der Waals surface area contributed by atoms with Gasteiger partial charge in [-0.1, -0.05) is 13.0 Å². The molecule has 1 rings (SSSR count). The molecule has 0 heterocycles. The number of benzene rings is 1. The molecule has 0 aliphatic rings. The van der Waals surface area contributed by atoms with E-state index in [1.165, 1.54) is 18.2 Å².